The van der Waals surface area contributed by atoms with Gasteiger partial charge in [0.2, 0.25) is 0 Å². The van der Waals surface area contributed by atoms with E-state index in [0.29, 0.717) is 31.6 Å². The number of aliphatic hydroxyl groups excluding tert-OH is 1. The van der Waals surface area contributed by atoms with E-state index in [9.17, 15) is 43.2 Å². The smallest absolute Gasteiger partial charge is 0.462 e. The number of aliphatic hydroxyl groups is 1. The molecule has 17 nitrogen and oxygen atoms in total. The van der Waals surface area contributed by atoms with E-state index in [0.717, 1.165) is 102 Å². The summed E-state index contributed by atoms with van der Waals surface area (Å²) in [6.07, 6.45) is 66.7. The summed E-state index contributed by atoms with van der Waals surface area (Å²) in [6, 6.07) is 0. The first kappa shape index (κ1) is 101. The molecule has 103 heavy (non-hydrogen) atoms. The van der Waals surface area contributed by atoms with Crippen molar-refractivity contribution in [2.24, 2.45) is 11.8 Å². The van der Waals surface area contributed by atoms with Gasteiger partial charge in [0.1, 0.15) is 19.3 Å². The minimum absolute atomic E-state index is 0.108. The van der Waals surface area contributed by atoms with Crippen LogP contribution in [0.1, 0.15) is 446 Å². The third-order valence-electron chi connectivity index (χ3n) is 19.7. The Balaban J connectivity index is 5.23. The Bertz CT molecular complexity index is 1980. The van der Waals surface area contributed by atoms with Gasteiger partial charge in [-0.05, 0) is 37.5 Å². The first-order chi connectivity index (χ1) is 49.9. The number of phosphoric acid groups is 2. The highest BCUT2D eigenvalue weighted by atomic mass is 31.2. The fraction of sp³-hybridized carbons (Fsp3) is 0.952. The van der Waals surface area contributed by atoms with E-state index in [4.69, 9.17) is 37.0 Å². The Kier molecular flexibility index (Phi) is 74.1. The maximum atomic E-state index is 13.1. The molecule has 0 aromatic heterocycles. The maximum Gasteiger partial charge on any atom is 0.472 e. The monoisotopic (exact) mass is 1510 g/mol. The van der Waals surface area contributed by atoms with E-state index in [1.807, 2.05) is 0 Å². The van der Waals surface area contributed by atoms with Crippen LogP contribution in [0.5, 0.6) is 0 Å². The number of phosphoric ester groups is 2. The molecular formula is C84H164O17P2. The number of carbonyl (C=O) groups excluding carboxylic acids is 4. The summed E-state index contributed by atoms with van der Waals surface area (Å²) < 4.78 is 68.8. The van der Waals surface area contributed by atoms with Gasteiger partial charge in [0.05, 0.1) is 26.4 Å². The highest BCUT2D eigenvalue weighted by Crippen LogP contribution is 2.45. The van der Waals surface area contributed by atoms with Crippen molar-refractivity contribution < 1.29 is 80.2 Å². The van der Waals surface area contributed by atoms with Crippen LogP contribution in [-0.2, 0) is 65.4 Å². The van der Waals surface area contributed by atoms with Crippen molar-refractivity contribution in [3.63, 3.8) is 0 Å². The molecule has 0 aromatic rings. The third-order valence-corrected chi connectivity index (χ3v) is 21.6. The molecule has 0 amide bonds. The zero-order valence-corrected chi connectivity index (χ0v) is 69.4. The Hall–Kier alpha value is -1.94. The third kappa shape index (κ3) is 78.0. The lowest BCUT2D eigenvalue weighted by Gasteiger charge is -2.21. The van der Waals surface area contributed by atoms with Crippen LogP contribution >= 0.6 is 15.6 Å². The second-order valence-corrected chi connectivity index (χ2v) is 34.1. The zero-order valence-electron chi connectivity index (χ0n) is 67.6. The summed E-state index contributed by atoms with van der Waals surface area (Å²) in [5.41, 5.74) is 0. The van der Waals surface area contributed by atoms with Gasteiger partial charge in [-0.1, -0.05) is 395 Å². The topological polar surface area (TPSA) is 237 Å². The molecule has 19 heteroatoms. The van der Waals surface area contributed by atoms with Crippen molar-refractivity contribution in [2.45, 2.75) is 464 Å². The lowest BCUT2D eigenvalue weighted by atomic mass is 10.0. The number of hydrogen-bond donors (Lipinski definition) is 3. The lowest BCUT2D eigenvalue weighted by Crippen LogP contribution is -2.30. The maximum absolute atomic E-state index is 13.1. The number of ether oxygens (including phenoxy) is 4. The Labute approximate surface area is 632 Å². The lowest BCUT2D eigenvalue weighted by molar-refractivity contribution is -0.161. The first-order valence-electron chi connectivity index (χ1n) is 43.5. The van der Waals surface area contributed by atoms with Crippen LogP contribution in [0.25, 0.3) is 0 Å². The summed E-state index contributed by atoms with van der Waals surface area (Å²) in [4.78, 5) is 73.1. The number of rotatable bonds is 83. The molecular weight excluding hydrogens is 1340 g/mol. The molecule has 612 valence electrons. The van der Waals surface area contributed by atoms with Crippen molar-refractivity contribution in [3.8, 4) is 0 Å². The molecule has 0 saturated heterocycles. The number of hydrogen-bond acceptors (Lipinski definition) is 15. The molecule has 0 aliphatic carbocycles. The molecule has 0 aromatic carbocycles. The summed E-state index contributed by atoms with van der Waals surface area (Å²) in [6.45, 7) is 9.63. The average Bonchev–Trinajstić information content (AvgIpc) is 0.929. The van der Waals surface area contributed by atoms with E-state index >= 15 is 0 Å². The molecule has 0 fully saturated rings. The SMILES string of the molecule is CCCCCCCCCCCCCCCCCCCCCCC(=O)O[C@H](COC(=O)CCCCCCCCCCCCCCCCC(C)C)COP(=O)(O)OC[C@@H](O)COP(=O)(O)OC[C@@H](COC(=O)CCCCCCCCCC(C)C)OC(=O)CCCCCCCCCCCCCCCCCC. The minimum atomic E-state index is -4.96. The van der Waals surface area contributed by atoms with Crippen LogP contribution < -0.4 is 0 Å². The zero-order chi connectivity index (χ0) is 75.6. The summed E-state index contributed by atoms with van der Waals surface area (Å²) in [7, 11) is -9.92. The van der Waals surface area contributed by atoms with Crippen molar-refractivity contribution in [1.82, 2.24) is 0 Å². The predicted octanol–water partition coefficient (Wildman–Crippen LogP) is 25.5. The fourth-order valence-electron chi connectivity index (χ4n) is 13.1. The van der Waals surface area contributed by atoms with E-state index in [-0.39, 0.29) is 25.7 Å². The van der Waals surface area contributed by atoms with Gasteiger partial charge in [0, 0.05) is 25.7 Å². The second kappa shape index (κ2) is 75.5. The van der Waals surface area contributed by atoms with E-state index in [1.54, 1.807) is 0 Å². The number of carbonyl (C=O) groups is 4. The van der Waals surface area contributed by atoms with Crippen LogP contribution in [0.15, 0.2) is 0 Å². The van der Waals surface area contributed by atoms with Crippen molar-refractivity contribution in [3.05, 3.63) is 0 Å². The van der Waals surface area contributed by atoms with Gasteiger partial charge in [-0.2, -0.15) is 0 Å². The van der Waals surface area contributed by atoms with Gasteiger partial charge in [-0.3, -0.25) is 37.3 Å². The molecule has 0 bridgehead atoms. The molecule has 0 saturated carbocycles. The molecule has 0 rings (SSSR count). The molecule has 0 aliphatic rings. The molecule has 0 aliphatic heterocycles. The molecule has 0 heterocycles. The van der Waals surface area contributed by atoms with Crippen molar-refractivity contribution >= 4 is 39.5 Å². The van der Waals surface area contributed by atoms with Gasteiger partial charge < -0.3 is 33.8 Å². The van der Waals surface area contributed by atoms with Crippen LogP contribution in [0.3, 0.4) is 0 Å². The first-order valence-corrected chi connectivity index (χ1v) is 46.5. The quantitative estimate of drug-likeness (QED) is 0.0222. The van der Waals surface area contributed by atoms with E-state index < -0.39 is 97.5 Å². The molecule has 0 spiro atoms. The Morgan fingerprint density at radius 2 is 0.447 bits per heavy atom. The van der Waals surface area contributed by atoms with Crippen LogP contribution in [0.4, 0.5) is 0 Å². The molecule has 3 N–H and O–H groups in total. The Morgan fingerprint density at radius 1 is 0.262 bits per heavy atom. The highest BCUT2D eigenvalue weighted by molar-refractivity contribution is 7.47. The molecule has 0 radical (unpaired) electrons. The fourth-order valence-corrected chi connectivity index (χ4v) is 14.6. The van der Waals surface area contributed by atoms with Crippen molar-refractivity contribution in [1.29, 1.82) is 0 Å². The predicted molar refractivity (Wildman–Crippen MR) is 423 cm³/mol. The van der Waals surface area contributed by atoms with Gasteiger partial charge in [0.25, 0.3) is 0 Å². The van der Waals surface area contributed by atoms with Crippen molar-refractivity contribution in [2.75, 3.05) is 39.6 Å². The molecule has 5 atom stereocenters. The van der Waals surface area contributed by atoms with Gasteiger partial charge in [0.15, 0.2) is 12.2 Å². The summed E-state index contributed by atoms with van der Waals surface area (Å²) >= 11 is 0. The number of esters is 4. The van der Waals surface area contributed by atoms with E-state index in [2.05, 4.69) is 41.5 Å². The van der Waals surface area contributed by atoms with Crippen LogP contribution in [-0.4, -0.2) is 96.7 Å². The van der Waals surface area contributed by atoms with Crippen LogP contribution in [0, 0.1) is 11.8 Å². The largest absolute Gasteiger partial charge is 0.472 e. The Morgan fingerprint density at radius 3 is 0.660 bits per heavy atom. The summed E-state index contributed by atoms with van der Waals surface area (Å²) in [5, 5.41) is 10.7. The number of unbranched alkanes of at least 4 members (excludes halogenated alkanes) is 53. The second-order valence-electron chi connectivity index (χ2n) is 31.2. The summed E-state index contributed by atoms with van der Waals surface area (Å²) in [5.74, 6) is -0.601. The van der Waals surface area contributed by atoms with Gasteiger partial charge in [-0.15, -0.1) is 0 Å². The average molecular weight is 1510 g/mol. The standard InChI is InChI=1S/C84H164O17P2/c1-7-9-11-13-15-17-19-21-23-25-26-27-28-30-36-40-44-50-57-63-68-83(88)100-79(72-94-81(86)66-60-54-48-42-38-34-32-31-33-37-41-46-52-58-64-76(3)4)74-98-102(90,91)96-70-78(85)71-97-103(92,93)99-75-80(73-95-82(87)67-61-55-51-45-47-53-59-65-77(5)6)101-84(89)69-62-56-49-43-39-35-29-24-22-20-18-16-14-12-10-8-2/h76-80,85H,7-75H2,1-6H3,(H,90,91)(H,92,93)/t78-,79-,80-/m1/s1. The van der Waals surface area contributed by atoms with Gasteiger partial charge in [-0.25, -0.2) is 9.13 Å². The van der Waals surface area contributed by atoms with Gasteiger partial charge >= 0.3 is 39.5 Å². The minimum Gasteiger partial charge on any atom is -0.462 e. The van der Waals surface area contributed by atoms with E-state index in [1.165, 1.54) is 257 Å². The van der Waals surface area contributed by atoms with Crippen LogP contribution in [0.2, 0.25) is 0 Å². The highest BCUT2D eigenvalue weighted by Gasteiger charge is 2.30. The normalized spacial score (nSPS) is 13.9. The molecule has 2 unspecified atom stereocenters.